The fourth-order valence-corrected chi connectivity index (χ4v) is 3.37. The minimum absolute atomic E-state index is 0.0436. The van der Waals surface area contributed by atoms with E-state index >= 15 is 0 Å². The van der Waals surface area contributed by atoms with Crippen molar-refractivity contribution in [3.8, 4) is 11.5 Å². The minimum Gasteiger partial charge on any atom is -0.493 e. The first-order valence-corrected chi connectivity index (χ1v) is 10.3. The molecule has 2 aromatic rings. The second-order valence-corrected chi connectivity index (χ2v) is 7.67. The molecule has 1 fully saturated rings. The molecular weight excluding hydrogens is 382 g/mol. The van der Waals surface area contributed by atoms with E-state index < -0.39 is 0 Å². The molecule has 0 saturated heterocycles. The largest absolute Gasteiger partial charge is 0.493 e. The third kappa shape index (κ3) is 5.89. The number of nitrogens with one attached hydrogen (secondary N) is 3. The van der Waals surface area contributed by atoms with Crippen molar-refractivity contribution >= 4 is 23.3 Å². The first-order valence-electron chi connectivity index (χ1n) is 10.3. The number of ether oxygens (including phenoxy) is 2. The van der Waals surface area contributed by atoms with Crippen molar-refractivity contribution in [2.24, 2.45) is 0 Å². The van der Waals surface area contributed by atoms with Crippen molar-refractivity contribution in [3.05, 3.63) is 48.0 Å². The van der Waals surface area contributed by atoms with E-state index in [-0.39, 0.29) is 24.1 Å². The van der Waals surface area contributed by atoms with E-state index in [1.165, 1.54) is 12.8 Å². The molecule has 1 aliphatic rings. The molecule has 3 N–H and O–H groups in total. The van der Waals surface area contributed by atoms with Crippen LogP contribution in [0.2, 0.25) is 0 Å². The van der Waals surface area contributed by atoms with Crippen molar-refractivity contribution in [3.63, 3.8) is 0 Å². The standard InChI is InChI=1S/C23H29N3O4/c1-15(2)24-23(28)26-17-10-8-16(9-11-17)22(27)25-18-12-13-20(29-3)21(14-18)30-19-6-4-5-7-19/h8-15,19H,4-7H2,1-3H3,(H,25,27)(H2,24,26,28). The predicted molar refractivity (Wildman–Crippen MR) is 118 cm³/mol. The average molecular weight is 412 g/mol. The zero-order valence-corrected chi connectivity index (χ0v) is 17.7. The van der Waals surface area contributed by atoms with E-state index in [0.29, 0.717) is 28.4 Å². The lowest BCUT2D eigenvalue weighted by Crippen LogP contribution is -2.34. The molecule has 0 unspecified atom stereocenters. The summed E-state index contributed by atoms with van der Waals surface area (Å²) in [5, 5.41) is 8.37. The second-order valence-electron chi connectivity index (χ2n) is 7.67. The van der Waals surface area contributed by atoms with Gasteiger partial charge in [-0.15, -0.1) is 0 Å². The van der Waals surface area contributed by atoms with Gasteiger partial charge in [-0.1, -0.05) is 0 Å². The van der Waals surface area contributed by atoms with Crippen LogP contribution < -0.4 is 25.4 Å². The average Bonchev–Trinajstić information content (AvgIpc) is 3.21. The van der Waals surface area contributed by atoms with Crippen LogP contribution in [0.5, 0.6) is 11.5 Å². The summed E-state index contributed by atoms with van der Waals surface area (Å²) in [6.45, 7) is 3.77. The second kappa shape index (κ2) is 10.0. The van der Waals surface area contributed by atoms with E-state index in [1.807, 2.05) is 13.8 Å². The summed E-state index contributed by atoms with van der Waals surface area (Å²) in [6.07, 6.45) is 4.61. The SMILES string of the molecule is COc1ccc(NC(=O)c2ccc(NC(=O)NC(C)C)cc2)cc1OC1CCCC1. The number of hydrogen-bond acceptors (Lipinski definition) is 4. The van der Waals surface area contributed by atoms with Crippen LogP contribution in [0, 0.1) is 0 Å². The Balaban J connectivity index is 1.64. The first-order chi connectivity index (χ1) is 14.4. The Bertz CT molecular complexity index is 875. The van der Waals surface area contributed by atoms with Crippen LogP contribution in [0.25, 0.3) is 0 Å². The van der Waals surface area contributed by atoms with Gasteiger partial charge >= 0.3 is 6.03 Å². The van der Waals surface area contributed by atoms with Crippen molar-refractivity contribution < 1.29 is 19.1 Å². The van der Waals surface area contributed by atoms with Crippen LogP contribution in [0.3, 0.4) is 0 Å². The van der Waals surface area contributed by atoms with Gasteiger partial charge in [0, 0.05) is 29.0 Å². The first kappa shape index (κ1) is 21.5. The van der Waals surface area contributed by atoms with E-state index in [2.05, 4.69) is 16.0 Å². The molecule has 1 saturated carbocycles. The third-order valence-corrected chi connectivity index (χ3v) is 4.84. The summed E-state index contributed by atoms with van der Waals surface area (Å²) >= 11 is 0. The van der Waals surface area contributed by atoms with Crippen molar-refractivity contribution in [1.82, 2.24) is 5.32 Å². The quantitative estimate of drug-likeness (QED) is 0.611. The molecule has 0 atom stereocenters. The van der Waals surface area contributed by atoms with Crippen molar-refractivity contribution in [1.29, 1.82) is 0 Å². The fraction of sp³-hybridized carbons (Fsp3) is 0.391. The highest BCUT2D eigenvalue weighted by Crippen LogP contribution is 2.34. The van der Waals surface area contributed by atoms with E-state index in [4.69, 9.17) is 9.47 Å². The topological polar surface area (TPSA) is 88.7 Å². The monoisotopic (exact) mass is 411 g/mol. The molecule has 7 nitrogen and oxygen atoms in total. The van der Waals surface area contributed by atoms with Gasteiger partial charge in [0.2, 0.25) is 0 Å². The lowest BCUT2D eigenvalue weighted by molar-refractivity contribution is 0.102. The van der Waals surface area contributed by atoms with Crippen LogP contribution in [0.1, 0.15) is 49.9 Å². The van der Waals surface area contributed by atoms with E-state index in [9.17, 15) is 9.59 Å². The number of hydrogen-bond donors (Lipinski definition) is 3. The highest BCUT2D eigenvalue weighted by molar-refractivity contribution is 6.04. The van der Waals surface area contributed by atoms with Crippen molar-refractivity contribution in [2.45, 2.75) is 51.7 Å². The third-order valence-electron chi connectivity index (χ3n) is 4.84. The summed E-state index contributed by atoms with van der Waals surface area (Å²) in [5.74, 6) is 1.04. The molecule has 30 heavy (non-hydrogen) atoms. The number of anilines is 2. The molecule has 0 radical (unpaired) electrons. The maximum Gasteiger partial charge on any atom is 0.319 e. The van der Waals surface area contributed by atoms with Crippen LogP contribution >= 0.6 is 0 Å². The Labute approximate surface area is 177 Å². The minimum atomic E-state index is -0.282. The van der Waals surface area contributed by atoms with Gasteiger partial charge in [-0.3, -0.25) is 4.79 Å². The molecule has 2 aromatic carbocycles. The van der Waals surface area contributed by atoms with Gasteiger partial charge in [0.1, 0.15) is 0 Å². The Kier molecular flexibility index (Phi) is 7.17. The van der Waals surface area contributed by atoms with Gasteiger partial charge in [0.25, 0.3) is 5.91 Å². The number of urea groups is 1. The molecule has 1 aliphatic carbocycles. The Hall–Kier alpha value is -3.22. The smallest absolute Gasteiger partial charge is 0.319 e. The molecule has 3 amide bonds. The molecule has 0 aromatic heterocycles. The molecule has 7 heteroatoms. The van der Waals surface area contributed by atoms with Gasteiger partial charge in [-0.2, -0.15) is 0 Å². The fourth-order valence-electron chi connectivity index (χ4n) is 3.37. The number of rotatable bonds is 7. The normalized spacial score (nSPS) is 13.7. The predicted octanol–water partition coefficient (Wildman–Crippen LogP) is 4.80. The summed E-state index contributed by atoms with van der Waals surface area (Å²) in [4.78, 5) is 24.4. The van der Waals surface area contributed by atoms with E-state index in [0.717, 1.165) is 12.8 Å². The molecule has 0 bridgehead atoms. The number of amides is 3. The molecule has 3 rings (SSSR count). The summed E-state index contributed by atoms with van der Waals surface area (Å²) in [7, 11) is 1.60. The molecular formula is C23H29N3O4. The number of carbonyl (C=O) groups is 2. The summed E-state index contributed by atoms with van der Waals surface area (Å²) < 4.78 is 11.5. The summed E-state index contributed by atoms with van der Waals surface area (Å²) in [6, 6.07) is 11.8. The number of methoxy groups -OCH3 is 1. The Morgan fingerprint density at radius 2 is 1.60 bits per heavy atom. The molecule has 0 heterocycles. The van der Waals surface area contributed by atoms with Crippen molar-refractivity contribution in [2.75, 3.05) is 17.7 Å². The molecule has 0 spiro atoms. The molecule has 0 aliphatic heterocycles. The highest BCUT2D eigenvalue weighted by Gasteiger charge is 2.19. The number of carbonyl (C=O) groups excluding carboxylic acids is 2. The summed E-state index contributed by atoms with van der Waals surface area (Å²) in [5.41, 5.74) is 1.73. The van der Waals surface area contributed by atoms with Crippen LogP contribution in [0.15, 0.2) is 42.5 Å². The maximum atomic E-state index is 12.6. The Morgan fingerprint density at radius 3 is 2.23 bits per heavy atom. The van der Waals surface area contributed by atoms with Crippen LogP contribution in [0.4, 0.5) is 16.2 Å². The van der Waals surface area contributed by atoms with Crippen LogP contribution in [-0.4, -0.2) is 31.2 Å². The highest BCUT2D eigenvalue weighted by atomic mass is 16.5. The van der Waals surface area contributed by atoms with Crippen LogP contribution in [-0.2, 0) is 0 Å². The lowest BCUT2D eigenvalue weighted by atomic mass is 10.2. The maximum absolute atomic E-state index is 12.6. The lowest BCUT2D eigenvalue weighted by Gasteiger charge is -2.17. The zero-order valence-electron chi connectivity index (χ0n) is 17.7. The Morgan fingerprint density at radius 1 is 0.933 bits per heavy atom. The van der Waals surface area contributed by atoms with E-state index in [1.54, 1.807) is 49.6 Å². The van der Waals surface area contributed by atoms with Gasteiger partial charge in [0.05, 0.1) is 13.2 Å². The van der Waals surface area contributed by atoms with Gasteiger partial charge in [-0.25, -0.2) is 4.79 Å². The number of benzene rings is 2. The van der Waals surface area contributed by atoms with Gasteiger partial charge < -0.3 is 25.4 Å². The zero-order chi connectivity index (χ0) is 21.5. The van der Waals surface area contributed by atoms with Gasteiger partial charge in [0.15, 0.2) is 11.5 Å². The molecule has 160 valence electrons. The van der Waals surface area contributed by atoms with Gasteiger partial charge in [-0.05, 0) is 75.9 Å².